The van der Waals surface area contributed by atoms with Crippen LogP contribution >= 0.6 is 11.6 Å². The van der Waals surface area contributed by atoms with Crippen LogP contribution in [0.1, 0.15) is 25.8 Å². The minimum atomic E-state index is -1.52. The number of hydrogen-bond donors (Lipinski definition) is 1. The second-order valence-corrected chi connectivity index (χ2v) is 6.08. The molecule has 0 radical (unpaired) electrons. The molecule has 1 fully saturated rings. The topological polar surface area (TPSA) is 49.8 Å². The van der Waals surface area contributed by atoms with Crippen LogP contribution in [0, 0.1) is 5.92 Å². The fourth-order valence-corrected chi connectivity index (χ4v) is 2.77. The maximum Gasteiger partial charge on any atom is 0.258 e. The van der Waals surface area contributed by atoms with Gasteiger partial charge in [0.2, 0.25) is 0 Å². The van der Waals surface area contributed by atoms with Gasteiger partial charge in [0.1, 0.15) is 0 Å². The van der Waals surface area contributed by atoms with E-state index in [1.165, 1.54) is 6.92 Å². The lowest BCUT2D eigenvalue weighted by atomic mass is 9.94. The Kier molecular flexibility index (Phi) is 5.25. The first kappa shape index (κ1) is 16.3. The van der Waals surface area contributed by atoms with Gasteiger partial charge >= 0.3 is 0 Å². The van der Waals surface area contributed by atoms with Gasteiger partial charge in [-0.3, -0.25) is 4.79 Å². The highest BCUT2D eigenvalue weighted by atomic mass is 35.5. The second kappa shape index (κ2) is 6.77. The fraction of sp³-hybridized carbons (Fsp3) is 0.562. The van der Waals surface area contributed by atoms with Crippen molar-refractivity contribution in [1.82, 2.24) is 4.90 Å². The molecule has 1 amide bonds. The predicted octanol–water partition coefficient (Wildman–Crippen LogP) is 2.43. The zero-order valence-corrected chi connectivity index (χ0v) is 13.3. The van der Waals surface area contributed by atoms with E-state index in [0.29, 0.717) is 42.8 Å². The van der Waals surface area contributed by atoms with Gasteiger partial charge in [-0.05, 0) is 38.0 Å². The highest BCUT2D eigenvalue weighted by Crippen LogP contribution is 2.27. The third-order valence-electron chi connectivity index (χ3n) is 3.95. The van der Waals surface area contributed by atoms with E-state index in [1.54, 1.807) is 29.2 Å². The summed E-state index contributed by atoms with van der Waals surface area (Å²) >= 11 is 5.85. The SMILES string of the molecule is CCOC[C@H]1CCN(C(=O)[C@@](C)(O)c2ccc(Cl)cc2)C1. The third kappa shape index (κ3) is 3.76. The maximum absolute atomic E-state index is 12.6. The highest BCUT2D eigenvalue weighted by Gasteiger charge is 2.39. The molecule has 2 rings (SSSR count). The Morgan fingerprint density at radius 3 is 2.76 bits per heavy atom. The van der Waals surface area contributed by atoms with Gasteiger partial charge in [-0.2, -0.15) is 0 Å². The Bertz CT molecular complexity index is 487. The lowest BCUT2D eigenvalue weighted by Crippen LogP contribution is -2.44. The van der Waals surface area contributed by atoms with Crippen LogP contribution in [0.4, 0.5) is 0 Å². The van der Waals surface area contributed by atoms with Crippen molar-refractivity contribution in [3.63, 3.8) is 0 Å². The molecule has 116 valence electrons. The fourth-order valence-electron chi connectivity index (χ4n) is 2.64. The summed E-state index contributed by atoms with van der Waals surface area (Å²) in [5, 5.41) is 11.2. The molecular weight excluding hydrogens is 290 g/mol. The molecule has 0 spiro atoms. The van der Waals surface area contributed by atoms with Crippen molar-refractivity contribution in [2.24, 2.45) is 5.92 Å². The number of hydrogen-bond acceptors (Lipinski definition) is 3. The van der Waals surface area contributed by atoms with Gasteiger partial charge in [-0.25, -0.2) is 0 Å². The summed E-state index contributed by atoms with van der Waals surface area (Å²) in [6.45, 7) is 6.16. The first-order chi connectivity index (χ1) is 9.95. The number of ether oxygens (including phenoxy) is 1. The zero-order valence-electron chi connectivity index (χ0n) is 12.5. The molecule has 0 aromatic heterocycles. The normalized spacial score (nSPS) is 21.3. The lowest BCUT2D eigenvalue weighted by molar-refractivity contribution is -0.149. The molecule has 1 aromatic carbocycles. The number of aliphatic hydroxyl groups is 1. The molecule has 1 aromatic rings. The number of carbonyl (C=O) groups is 1. The summed E-state index contributed by atoms with van der Waals surface area (Å²) in [4.78, 5) is 14.3. The smallest absolute Gasteiger partial charge is 0.258 e. The van der Waals surface area contributed by atoms with Gasteiger partial charge in [0.15, 0.2) is 5.60 Å². The summed E-state index contributed by atoms with van der Waals surface area (Å²) in [5.74, 6) is 0.0961. The van der Waals surface area contributed by atoms with Gasteiger partial charge in [0.05, 0.1) is 6.61 Å². The van der Waals surface area contributed by atoms with Crippen LogP contribution in [-0.2, 0) is 15.1 Å². The molecule has 21 heavy (non-hydrogen) atoms. The van der Waals surface area contributed by atoms with E-state index in [2.05, 4.69) is 0 Å². The Morgan fingerprint density at radius 2 is 2.14 bits per heavy atom. The summed E-state index contributed by atoms with van der Waals surface area (Å²) in [7, 11) is 0. The second-order valence-electron chi connectivity index (χ2n) is 5.64. The Labute approximate surface area is 130 Å². The first-order valence-corrected chi connectivity index (χ1v) is 7.68. The standard InChI is InChI=1S/C16H22ClNO3/c1-3-21-11-12-8-9-18(10-12)15(19)16(2,20)13-4-6-14(17)7-5-13/h4-7,12,20H,3,8-11H2,1-2H3/t12-,16-/m0/s1. The van der Waals surface area contributed by atoms with E-state index >= 15 is 0 Å². The van der Waals surface area contributed by atoms with Crippen molar-refractivity contribution in [2.45, 2.75) is 25.9 Å². The van der Waals surface area contributed by atoms with Crippen LogP contribution in [0.25, 0.3) is 0 Å². The van der Waals surface area contributed by atoms with Crippen molar-refractivity contribution < 1.29 is 14.6 Å². The number of rotatable bonds is 5. The lowest BCUT2D eigenvalue weighted by Gasteiger charge is -2.28. The van der Waals surface area contributed by atoms with Gasteiger partial charge in [0.25, 0.3) is 5.91 Å². The molecule has 0 unspecified atom stereocenters. The van der Waals surface area contributed by atoms with Crippen LogP contribution in [0.2, 0.25) is 5.02 Å². The van der Waals surface area contributed by atoms with E-state index in [0.717, 1.165) is 6.42 Å². The number of amides is 1. The summed E-state index contributed by atoms with van der Waals surface area (Å²) in [6.07, 6.45) is 0.919. The molecule has 0 aliphatic carbocycles. The third-order valence-corrected chi connectivity index (χ3v) is 4.21. The predicted molar refractivity (Wildman–Crippen MR) is 82.2 cm³/mol. The Morgan fingerprint density at radius 1 is 1.48 bits per heavy atom. The number of carbonyl (C=O) groups excluding carboxylic acids is 1. The van der Waals surface area contributed by atoms with Crippen LogP contribution < -0.4 is 0 Å². The maximum atomic E-state index is 12.6. The van der Waals surface area contributed by atoms with E-state index < -0.39 is 5.60 Å². The number of likely N-dealkylation sites (tertiary alicyclic amines) is 1. The summed E-state index contributed by atoms with van der Waals surface area (Å²) < 4.78 is 5.41. The van der Waals surface area contributed by atoms with E-state index in [9.17, 15) is 9.90 Å². The number of nitrogens with zero attached hydrogens (tertiary/aromatic N) is 1. The summed E-state index contributed by atoms with van der Waals surface area (Å²) in [5.41, 5.74) is -0.962. The largest absolute Gasteiger partial charge is 0.381 e. The molecule has 0 saturated carbocycles. The molecule has 1 aliphatic rings. The van der Waals surface area contributed by atoms with Crippen molar-refractivity contribution >= 4 is 17.5 Å². The van der Waals surface area contributed by atoms with Crippen LogP contribution in [0.5, 0.6) is 0 Å². The monoisotopic (exact) mass is 311 g/mol. The number of halogens is 1. The number of benzene rings is 1. The van der Waals surface area contributed by atoms with Crippen LogP contribution in [0.15, 0.2) is 24.3 Å². The van der Waals surface area contributed by atoms with Crippen molar-refractivity contribution in [1.29, 1.82) is 0 Å². The molecule has 1 aliphatic heterocycles. The van der Waals surface area contributed by atoms with Gasteiger partial charge in [-0.15, -0.1) is 0 Å². The highest BCUT2D eigenvalue weighted by molar-refractivity contribution is 6.30. The minimum absolute atomic E-state index is 0.260. The van der Waals surface area contributed by atoms with Crippen molar-refractivity contribution in [2.75, 3.05) is 26.3 Å². The Hall–Kier alpha value is -1.10. The van der Waals surface area contributed by atoms with Crippen molar-refractivity contribution in [3.8, 4) is 0 Å². The average Bonchev–Trinajstić information content (AvgIpc) is 2.93. The van der Waals surface area contributed by atoms with Crippen molar-refractivity contribution in [3.05, 3.63) is 34.9 Å². The minimum Gasteiger partial charge on any atom is -0.381 e. The van der Waals surface area contributed by atoms with Gasteiger partial charge in [0, 0.05) is 30.6 Å². The molecule has 5 heteroatoms. The average molecular weight is 312 g/mol. The molecule has 0 bridgehead atoms. The van der Waals surface area contributed by atoms with Gasteiger partial charge in [-0.1, -0.05) is 23.7 Å². The molecule has 1 heterocycles. The van der Waals surface area contributed by atoms with E-state index in [1.807, 2.05) is 6.92 Å². The molecule has 4 nitrogen and oxygen atoms in total. The summed E-state index contributed by atoms with van der Waals surface area (Å²) in [6, 6.07) is 6.74. The molecule has 2 atom stereocenters. The van der Waals surface area contributed by atoms with E-state index in [-0.39, 0.29) is 5.91 Å². The van der Waals surface area contributed by atoms with Crippen LogP contribution in [0.3, 0.4) is 0 Å². The molecular formula is C16H22ClNO3. The Balaban J connectivity index is 2.03. The van der Waals surface area contributed by atoms with E-state index in [4.69, 9.17) is 16.3 Å². The van der Waals surface area contributed by atoms with Gasteiger partial charge < -0.3 is 14.7 Å². The molecule has 1 saturated heterocycles. The first-order valence-electron chi connectivity index (χ1n) is 7.30. The zero-order chi connectivity index (χ0) is 15.5. The molecule has 1 N–H and O–H groups in total. The quantitative estimate of drug-likeness (QED) is 0.908. The van der Waals surface area contributed by atoms with Crippen LogP contribution in [-0.4, -0.2) is 42.2 Å².